The van der Waals surface area contributed by atoms with Gasteiger partial charge in [0, 0.05) is 36.6 Å². The molecule has 1 N–H and O–H groups in total. The lowest BCUT2D eigenvalue weighted by molar-refractivity contribution is 0.0954. The highest BCUT2D eigenvalue weighted by Crippen LogP contribution is 2.24. The average molecular weight is 382 g/mol. The van der Waals surface area contributed by atoms with Crippen LogP contribution in [0.4, 0.5) is 0 Å². The van der Waals surface area contributed by atoms with Crippen LogP contribution in [0.5, 0.6) is 0 Å². The lowest BCUT2D eigenvalue weighted by Crippen LogP contribution is -2.26. The van der Waals surface area contributed by atoms with E-state index < -0.39 is 0 Å². The predicted octanol–water partition coefficient (Wildman–Crippen LogP) is 4.22. The molecule has 0 aliphatic carbocycles. The van der Waals surface area contributed by atoms with E-state index in [1.807, 2.05) is 79.7 Å². The minimum absolute atomic E-state index is 0.140. The standard InChI is InChI=1S/C24H22N4O/c1-18-10-12-19(13-11-18)23-22(17-28(27-23)21-8-3-2-4-9-21)24(29)26-16-14-20-7-5-6-15-25-20/h2-13,15,17H,14,16H2,1H3,(H,26,29). The molecule has 0 radical (unpaired) electrons. The van der Waals surface area contributed by atoms with E-state index in [0.717, 1.165) is 22.5 Å². The third kappa shape index (κ3) is 4.41. The van der Waals surface area contributed by atoms with Gasteiger partial charge in [-0.05, 0) is 31.2 Å². The minimum Gasteiger partial charge on any atom is -0.352 e. The number of rotatable bonds is 6. The quantitative estimate of drug-likeness (QED) is 0.543. The Morgan fingerprint density at radius 3 is 2.45 bits per heavy atom. The van der Waals surface area contributed by atoms with Gasteiger partial charge in [-0.3, -0.25) is 9.78 Å². The molecule has 0 saturated heterocycles. The van der Waals surface area contributed by atoms with E-state index in [9.17, 15) is 4.79 Å². The highest BCUT2D eigenvalue weighted by Gasteiger charge is 2.18. The highest BCUT2D eigenvalue weighted by atomic mass is 16.1. The van der Waals surface area contributed by atoms with Crippen LogP contribution in [0.1, 0.15) is 21.6 Å². The Labute approximate surface area is 170 Å². The lowest BCUT2D eigenvalue weighted by Gasteiger charge is -2.05. The molecule has 144 valence electrons. The van der Waals surface area contributed by atoms with Gasteiger partial charge in [-0.1, -0.05) is 54.1 Å². The van der Waals surface area contributed by atoms with Gasteiger partial charge in [-0.25, -0.2) is 4.68 Å². The molecule has 2 aromatic carbocycles. The van der Waals surface area contributed by atoms with E-state index in [-0.39, 0.29) is 5.91 Å². The van der Waals surface area contributed by atoms with Gasteiger partial charge >= 0.3 is 0 Å². The zero-order chi connectivity index (χ0) is 20.1. The van der Waals surface area contributed by atoms with Crippen LogP contribution >= 0.6 is 0 Å². The third-order valence-electron chi connectivity index (χ3n) is 4.70. The van der Waals surface area contributed by atoms with Gasteiger partial charge in [-0.15, -0.1) is 0 Å². The number of nitrogens with one attached hydrogen (secondary N) is 1. The van der Waals surface area contributed by atoms with Gasteiger partial charge in [0.15, 0.2) is 0 Å². The Kier molecular flexibility index (Phi) is 5.47. The predicted molar refractivity (Wildman–Crippen MR) is 114 cm³/mol. The smallest absolute Gasteiger partial charge is 0.255 e. The molecule has 1 amide bonds. The van der Waals surface area contributed by atoms with Crippen molar-refractivity contribution < 1.29 is 4.79 Å². The molecule has 5 heteroatoms. The summed E-state index contributed by atoms with van der Waals surface area (Å²) in [6.07, 6.45) is 4.23. The first-order chi connectivity index (χ1) is 14.2. The maximum Gasteiger partial charge on any atom is 0.255 e. The molecule has 2 aromatic heterocycles. The number of aromatic nitrogens is 3. The SMILES string of the molecule is Cc1ccc(-c2nn(-c3ccccc3)cc2C(=O)NCCc2ccccn2)cc1. The topological polar surface area (TPSA) is 59.8 Å². The van der Waals surface area contributed by atoms with E-state index in [1.165, 1.54) is 0 Å². The number of pyridine rings is 1. The molecule has 4 aromatic rings. The van der Waals surface area contributed by atoms with Crippen LogP contribution in [0.2, 0.25) is 0 Å². The molecular weight excluding hydrogens is 360 g/mol. The van der Waals surface area contributed by atoms with Crippen molar-refractivity contribution >= 4 is 5.91 Å². The largest absolute Gasteiger partial charge is 0.352 e. The van der Waals surface area contributed by atoms with Crippen molar-refractivity contribution in [2.75, 3.05) is 6.54 Å². The maximum atomic E-state index is 13.0. The van der Waals surface area contributed by atoms with Crippen molar-refractivity contribution in [3.05, 3.63) is 102 Å². The second-order valence-corrected chi connectivity index (χ2v) is 6.86. The first-order valence-electron chi connectivity index (χ1n) is 9.61. The number of benzene rings is 2. The summed E-state index contributed by atoms with van der Waals surface area (Å²) in [6, 6.07) is 23.6. The van der Waals surface area contributed by atoms with Crippen LogP contribution in [0.3, 0.4) is 0 Å². The molecule has 0 saturated carbocycles. The van der Waals surface area contributed by atoms with Gasteiger partial charge < -0.3 is 5.32 Å². The summed E-state index contributed by atoms with van der Waals surface area (Å²) >= 11 is 0. The highest BCUT2D eigenvalue weighted by molar-refractivity contribution is 5.99. The number of hydrogen-bond donors (Lipinski definition) is 1. The van der Waals surface area contributed by atoms with E-state index in [4.69, 9.17) is 5.10 Å². The van der Waals surface area contributed by atoms with E-state index >= 15 is 0 Å². The third-order valence-corrected chi connectivity index (χ3v) is 4.70. The molecule has 0 aliphatic heterocycles. The number of hydrogen-bond acceptors (Lipinski definition) is 3. The van der Waals surface area contributed by atoms with Crippen molar-refractivity contribution in [1.29, 1.82) is 0 Å². The summed E-state index contributed by atoms with van der Waals surface area (Å²) in [7, 11) is 0. The summed E-state index contributed by atoms with van der Waals surface area (Å²) in [4.78, 5) is 17.3. The number of amides is 1. The van der Waals surface area contributed by atoms with Gasteiger partial charge in [-0.2, -0.15) is 5.10 Å². The number of aryl methyl sites for hydroxylation is 1. The van der Waals surface area contributed by atoms with Crippen molar-refractivity contribution in [1.82, 2.24) is 20.1 Å². The van der Waals surface area contributed by atoms with Crippen LogP contribution in [-0.4, -0.2) is 27.2 Å². The van der Waals surface area contributed by atoms with Crippen LogP contribution in [0.25, 0.3) is 16.9 Å². The molecule has 0 spiro atoms. The molecule has 0 fully saturated rings. The maximum absolute atomic E-state index is 13.0. The van der Waals surface area contributed by atoms with Gasteiger partial charge in [0.25, 0.3) is 5.91 Å². The van der Waals surface area contributed by atoms with Crippen molar-refractivity contribution in [2.45, 2.75) is 13.3 Å². The van der Waals surface area contributed by atoms with Gasteiger partial charge in [0.05, 0.1) is 11.3 Å². The fourth-order valence-electron chi connectivity index (χ4n) is 3.12. The fourth-order valence-corrected chi connectivity index (χ4v) is 3.12. The summed E-state index contributed by atoms with van der Waals surface area (Å²) in [5, 5.41) is 7.71. The normalized spacial score (nSPS) is 10.7. The molecule has 2 heterocycles. The molecule has 29 heavy (non-hydrogen) atoms. The number of carbonyl (C=O) groups excluding carboxylic acids is 1. The Balaban J connectivity index is 1.60. The molecule has 0 unspecified atom stereocenters. The summed E-state index contributed by atoms with van der Waals surface area (Å²) in [6.45, 7) is 2.55. The summed E-state index contributed by atoms with van der Waals surface area (Å²) in [5.74, 6) is -0.140. The first-order valence-corrected chi connectivity index (χ1v) is 9.61. The van der Waals surface area contributed by atoms with Crippen molar-refractivity contribution in [2.24, 2.45) is 0 Å². The monoisotopic (exact) mass is 382 g/mol. The number of para-hydroxylation sites is 1. The van der Waals surface area contributed by atoms with E-state index in [2.05, 4.69) is 10.3 Å². The molecule has 0 aliphatic rings. The van der Waals surface area contributed by atoms with Gasteiger partial charge in [0.2, 0.25) is 0 Å². The lowest BCUT2D eigenvalue weighted by atomic mass is 10.1. The second kappa shape index (κ2) is 8.52. The summed E-state index contributed by atoms with van der Waals surface area (Å²) in [5.41, 5.74) is 5.17. The van der Waals surface area contributed by atoms with Crippen LogP contribution in [-0.2, 0) is 6.42 Å². The Hall–Kier alpha value is -3.73. The fraction of sp³-hybridized carbons (Fsp3) is 0.125. The Morgan fingerprint density at radius 2 is 1.72 bits per heavy atom. The van der Waals surface area contributed by atoms with Crippen molar-refractivity contribution in [3.8, 4) is 16.9 Å². The summed E-state index contributed by atoms with van der Waals surface area (Å²) < 4.78 is 1.75. The second-order valence-electron chi connectivity index (χ2n) is 6.86. The number of carbonyl (C=O) groups is 1. The number of nitrogens with zero attached hydrogens (tertiary/aromatic N) is 3. The minimum atomic E-state index is -0.140. The average Bonchev–Trinajstić information content (AvgIpc) is 3.21. The van der Waals surface area contributed by atoms with Crippen LogP contribution in [0, 0.1) is 6.92 Å². The molecule has 0 bridgehead atoms. The Bertz CT molecular complexity index is 1090. The Morgan fingerprint density at radius 1 is 0.966 bits per heavy atom. The first kappa shape index (κ1) is 18.6. The zero-order valence-corrected chi connectivity index (χ0v) is 16.2. The molecule has 5 nitrogen and oxygen atoms in total. The molecule has 4 rings (SSSR count). The van der Waals surface area contributed by atoms with Crippen LogP contribution < -0.4 is 5.32 Å². The van der Waals surface area contributed by atoms with Crippen molar-refractivity contribution in [3.63, 3.8) is 0 Å². The zero-order valence-electron chi connectivity index (χ0n) is 16.2. The van der Waals surface area contributed by atoms with E-state index in [1.54, 1.807) is 17.1 Å². The van der Waals surface area contributed by atoms with Crippen LogP contribution in [0.15, 0.2) is 85.2 Å². The molecular formula is C24H22N4O. The van der Waals surface area contributed by atoms with E-state index in [0.29, 0.717) is 24.2 Å². The van der Waals surface area contributed by atoms with Gasteiger partial charge in [0.1, 0.15) is 5.69 Å². The molecule has 0 atom stereocenters.